The van der Waals surface area contributed by atoms with E-state index in [1.165, 1.54) is 0 Å². The fraction of sp³-hybridized carbons (Fsp3) is 0.333. The van der Waals surface area contributed by atoms with Gasteiger partial charge in [-0.15, -0.1) is 0 Å². The average Bonchev–Trinajstić information content (AvgIpc) is 1.41. The van der Waals surface area contributed by atoms with E-state index in [4.69, 9.17) is 0 Å². The van der Waals surface area contributed by atoms with Gasteiger partial charge in [0.05, 0.1) is 0 Å². The van der Waals surface area contributed by atoms with E-state index in [-0.39, 0.29) is 0 Å². The Bertz CT molecular complexity index is 85.1. The number of rotatable bonds is 0. The topological polar surface area (TPSA) is 17.1 Å². The predicted octanol–water partition coefficient (Wildman–Crippen LogP) is 0.0133. The first-order chi connectivity index (χ1) is 2.41. The fourth-order valence-electron chi connectivity index (χ4n) is 0.0481. The van der Waals surface area contributed by atoms with Crippen LogP contribution >= 0.6 is 0 Å². The second-order valence-corrected chi connectivity index (χ2v) is 1.33. The molecule has 0 aliphatic heterocycles. The van der Waals surface area contributed by atoms with Crippen molar-refractivity contribution in [2.75, 3.05) is 0 Å². The van der Waals surface area contributed by atoms with Crippen molar-refractivity contribution >= 4 is 19.0 Å². The second kappa shape index (κ2) is 3.97. The molecular weight excluding hydrogens is 131 g/mol. The second-order valence-electron chi connectivity index (χ2n) is 0.490. The molecule has 0 bridgehead atoms. The summed E-state index contributed by atoms with van der Waals surface area (Å²) in [5.41, 5.74) is 0. The molecule has 0 saturated carbocycles. The average molecular weight is 135 g/mol. The first-order valence-corrected chi connectivity index (χ1v) is 2.79. The van der Waals surface area contributed by atoms with Crippen molar-refractivity contribution in [3.05, 3.63) is 6.08 Å². The summed E-state index contributed by atoms with van der Waals surface area (Å²) in [6, 6.07) is 0. The van der Waals surface area contributed by atoms with Gasteiger partial charge in [-0.1, -0.05) is 0 Å². The van der Waals surface area contributed by atoms with Crippen LogP contribution in [0.1, 0.15) is 6.92 Å². The summed E-state index contributed by atoms with van der Waals surface area (Å²) in [4.78, 5) is 0. The zero-order chi connectivity index (χ0) is 4.12. The van der Waals surface area contributed by atoms with E-state index in [1.54, 1.807) is 13.0 Å². The third-order valence-electron chi connectivity index (χ3n) is 0.166. The van der Waals surface area contributed by atoms with Crippen molar-refractivity contribution in [3.63, 3.8) is 0 Å². The van der Waals surface area contributed by atoms with Crippen LogP contribution in [0, 0.1) is 0 Å². The molecule has 0 amide bonds. The summed E-state index contributed by atoms with van der Waals surface area (Å²) in [6.45, 7) is 1.79. The van der Waals surface area contributed by atoms with Crippen LogP contribution in [0.15, 0.2) is 6.08 Å². The van der Waals surface area contributed by atoms with Gasteiger partial charge in [0.1, 0.15) is 0 Å². The Morgan fingerprint density at radius 1 is 2.00 bits per heavy atom. The van der Waals surface area contributed by atoms with Gasteiger partial charge >= 0.3 is 35.9 Å². The SMILES string of the molecule is CC=C=[Se]=O. The zero-order valence-corrected chi connectivity index (χ0v) is 4.61. The van der Waals surface area contributed by atoms with Gasteiger partial charge in [0.2, 0.25) is 0 Å². The Morgan fingerprint density at radius 3 is 2.60 bits per heavy atom. The van der Waals surface area contributed by atoms with E-state index in [0.717, 1.165) is 0 Å². The van der Waals surface area contributed by atoms with Gasteiger partial charge < -0.3 is 0 Å². The molecule has 0 aliphatic rings. The minimum absolute atomic E-state index is 0.630. The van der Waals surface area contributed by atoms with Crippen molar-refractivity contribution in [2.45, 2.75) is 6.92 Å². The van der Waals surface area contributed by atoms with Crippen LogP contribution < -0.4 is 0 Å². The molecule has 2 heteroatoms. The Balaban J connectivity index is 3.75. The summed E-state index contributed by atoms with van der Waals surface area (Å²) in [7, 11) is 0. The van der Waals surface area contributed by atoms with Gasteiger partial charge in [0.15, 0.2) is 0 Å². The van der Waals surface area contributed by atoms with E-state index in [0.29, 0.717) is 0 Å². The number of allylic oxidation sites excluding steroid dienone is 1. The fourth-order valence-corrected chi connectivity index (χ4v) is 0.250. The van der Waals surface area contributed by atoms with Gasteiger partial charge in [-0.25, -0.2) is 0 Å². The summed E-state index contributed by atoms with van der Waals surface area (Å²) in [5.74, 6) is 0. The molecule has 0 saturated heterocycles. The standard InChI is InChI=1S/C3H4OSe/c1-2-3-5-4/h2H,1H3. The molecule has 0 aromatic rings. The van der Waals surface area contributed by atoms with Gasteiger partial charge in [0.25, 0.3) is 0 Å². The van der Waals surface area contributed by atoms with Crippen LogP contribution in [-0.2, 0) is 3.83 Å². The van der Waals surface area contributed by atoms with E-state index in [9.17, 15) is 3.83 Å². The molecule has 5 heavy (non-hydrogen) atoms. The number of hydrogen-bond donors (Lipinski definition) is 0. The van der Waals surface area contributed by atoms with Crippen LogP contribution in [0.4, 0.5) is 0 Å². The Labute approximate surface area is 36.6 Å². The Morgan fingerprint density at radius 2 is 2.60 bits per heavy atom. The van der Waals surface area contributed by atoms with Crippen molar-refractivity contribution < 1.29 is 3.83 Å². The number of hydrogen-bond acceptors (Lipinski definition) is 1. The maximum atomic E-state index is 9.45. The van der Waals surface area contributed by atoms with E-state index in [2.05, 4.69) is 4.58 Å². The monoisotopic (exact) mass is 136 g/mol. The van der Waals surface area contributed by atoms with E-state index >= 15 is 0 Å². The summed E-state index contributed by atoms with van der Waals surface area (Å²) in [5, 5.41) is 0. The van der Waals surface area contributed by atoms with Gasteiger partial charge in [0, 0.05) is 0 Å². The van der Waals surface area contributed by atoms with E-state index in [1.807, 2.05) is 0 Å². The molecule has 0 aromatic carbocycles. The van der Waals surface area contributed by atoms with Crippen molar-refractivity contribution in [2.24, 2.45) is 0 Å². The van der Waals surface area contributed by atoms with Crippen molar-refractivity contribution in [1.82, 2.24) is 0 Å². The van der Waals surface area contributed by atoms with Crippen molar-refractivity contribution in [1.29, 1.82) is 0 Å². The molecule has 28 valence electrons. The molecular formula is C3H4OSe. The minimum atomic E-state index is -0.630. The van der Waals surface area contributed by atoms with Gasteiger partial charge in [-0.2, -0.15) is 0 Å². The third-order valence-corrected chi connectivity index (χ3v) is 0.862. The molecule has 0 spiro atoms. The molecule has 0 fully saturated rings. The molecule has 0 unspecified atom stereocenters. The summed E-state index contributed by atoms with van der Waals surface area (Å²) >= 11 is -0.630. The van der Waals surface area contributed by atoms with E-state index < -0.39 is 14.5 Å². The third kappa shape index (κ3) is 3.97. The molecule has 0 heterocycles. The van der Waals surface area contributed by atoms with Crippen LogP contribution in [-0.4, -0.2) is 19.0 Å². The molecule has 0 aromatic heterocycles. The first-order valence-electron chi connectivity index (χ1n) is 1.24. The normalized spacial score (nSPS) is 5.00. The molecule has 0 aliphatic carbocycles. The zero-order valence-electron chi connectivity index (χ0n) is 2.89. The van der Waals surface area contributed by atoms with Crippen molar-refractivity contribution in [3.8, 4) is 0 Å². The summed E-state index contributed by atoms with van der Waals surface area (Å²) in [6.07, 6.45) is 1.65. The van der Waals surface area contributed by atoms with Gasteiger partial charge in [-0.05, 0) is 0 Å². The molecule has 0 atom stereocenters. The first kappa shape index (κ1) is 4.97. The molecule has 0 rings (SSSR count). The molecule has 0 radical (unpaired) electrons. The van der Waals surface area contributed by atoms with Crippen LogP contribution in [0.2, 0.25) is 0 Å². The summed E-state index contributed by atoms with van der Waals surface area (Å²) < 4.78 is 11.9. The van der Waals surface area contributed by atoms with Gasteiger partial charge in [-0.3, -0.25) is 0 Å². The maximum absolute atomic E-state index is 9.45. The van der Waals surface area contributed by atoms with Crippen LogP contribution in [0.3, 0.4) is 0 Å². The Kier molecular flexibility index (Phi) is 3.95. The molecule has 0 N–H and O–H groups in total. The quantitative estimate of drug-likeness (QED) is 0.427. The van der Waals surface area contributed by atoms with Crippen LogP contribution in [0.5, 0.6) is 0 Å². The van der Waals surface area contributed by atoms with Crippen LogP contribution in [0.25, 0.3) is 0 Å². The molecule has 1 nitrogen and oxygen atoms in total. The predicted molar refractivity (Wildman–Crippen MR) is 21.7 cm³/mol. The Hall–Kier alpha value is -0.0305.